The minimum atomic E-state index is -0.904. The molecule has 0 aliphatic rings. The number of aliphatic carboxylic acids is 1. The maximum atomic E-state index is 10.3. The predicted molar refractivity (Wildman–Crippen MR) is 56.7 cm³/mol. The molecule has 0 saturated carbocycles. The van der Waals surface area contributed by atoms with Gasteiger partial charge in [0.1, 0.15) is 0 Å². The number of aliphatic hydroxyl groups is 2. The lowest BCUT2D eigenvalue weighted by Gasteiger charge is -2.19. The lowest BCUT2D eigenvalue weighted by atomic mass is 10.1. The van der Waals surface area contributed by atoms with Gasteiger partial charge in [-0.3, -0.25) is 9.69 Å². The average Bonchev–Trinajstić information content (AvgIpc) is 2.12. The number of nitrogens with zero attached hydrogens (tertiary/aromatic N) is 1. The molecule has 0 aromatic heterocycles. The van der Waals surface area contributed by atoms with Gasteiger partial charge in [0.05, 0.1) is 18.8 Å². The zero-order chi connectivity index (χ0) is 11.8. The molecular formula is C10H21NO4. The van der Waals surface area contributed by atoms with Crippen LogP contribution in [0.3, 0.4) is 0 Å². The Morgan fingerprint density at radius 1 is 1.27 bits per heavy atom. The summed E-state index contributed by atoms with van der Waals surface area (Å²) in [5.41, 5.74) is 0. The van der Waals surface area contributed by atoms with Crippen LogP contribution in [0, 0.1) is 0 Å². The summed E-state index contributed by atoms with van der Waals surface area (Å²) in [7, 11) is 1.65. The minimum Gasteiger partial charge on any atom is -0.480 e. The van der Waals surface area contributed by atoms with Gasteiger partial charge in [-0.25, -0.2) is 0 Å². The third kappa shape index (κ3) is 8.35. The van der Waals surface area contributed by atoms with Crippen LogP contribution in [0.1, 0.15) is 26.2 Å². The first-order valence-corrected chi connectivity index (χ1v) is 5.22. The highest BCUT2D eigenvalue weighted by molar-refractivity contribution is 5.68. The van der Waals surface area contributed by atoms with Crippen molar-refractivity contribution in [3.8, 4) is 0 Å². The van der Waals surface area contributed by atoms with E-state index in [1.165, 1.54) is 0 Å². The van der Waals surface area contributed by atoms with Gasteiger partial charge < -0.3 is 15.3 Å². The van der Waals surface area contributed by atoms with Crippen molar-refractivity contribution in [1.82, 2.24) is 4.90 Å². The second-order valence-electron chi connectivity index (χ2n) is 3.88. The van der Waals surface area contributed by atoms with Crippen LogP contribution in [-0.2, 0) is 4.79 Å². The maximum absolute atomic E-state index is 10.3. The van der Waals surface area contributed by atoms with Crippen LogP contribution in [0.5, 0.6) is 0 Å². The van der Waals surface area contributed by atoms with E-state index in [4.69, 9.17) is 5.11 Å². The molecule has 2 atom stereocenters. The van der Waals surface area contributed by atoms with E-state index in [-0.39, 0.29) is 12.6 Å². The number of carbonyl (C=O) groups is 1. The van der Waals surface area contributed by atoms with E-state index in [9.17, 15) is 15.0 Å². The Morgan fingerprint density at radius 3 is 2.27 bits per heavy atom. The molecule has 0 aliphatic heterocycles. The molecule has 1 unspecified atom stereocenters. The fourth-order valence-electron chi connectivity index (χ4n) is 1.34. The first-order chi connectivity index (χ1) is 6.95. The second kappa shape index (κ2) is 7.62. The molecule has 0 heterocycles. The summed E-state index contributed by atoms with van der Waals surface area (Å²) in [6.07, 6.45) is 0.787. The number of hydrogen-bond acceptors (Lipinski definition) is 4. The van der Waals surface area contributed by atoms with Crippen LogP contribution in [0.4, 0.5) is 0 Å². The molecule has 0 aliphatic carbocycles. The topological polar surface area (TPSA) is 81.0 Å². The van der Waals surface area contributed by atoms with Gasteiger partial charge in [0.25, 0.3) is 0 Å². The summed E-state index contributed by atoms with van der Waals surface area (Å²) in [5, 5.41) is 27.3. The van der Waals surface area contributed by atoms with Gasteiger partial charge in [0, 0.05) is 6.54 Å². The standard InChI is InChI=1S/C10H21NO4/c1-3-8(12)4-5-9(13)6-11(2)7-10(14)15/h8-9,12-13H,3-7H2,1-2H3,(H,14,15)/t8?,9-/m1/s1. The number of rotatable bonds is 8. The number of hydrogen-bond donors (Lipinski definition) is 3. The van der Waals surface area contributed by atoms with Crippen molar-refractivity contribution in [3.63, 3.8) is 0 Å². The summed E-state index contributed by atoms with van der Waals surface area (Å²) in [6.45, 7) is 2.13. The van der Waals surface area contributed by atoms with Crippen LogP contribution in [0.25, 0.3) is 0 Å². The van der Waals surface area contributed by atoms with Gasteiger partial charge in [-0.2, -0.15) is 0 Å². The van der Waals surface area contributed by atoms with Crippen LogP contribution >= 0.6 is 0 Å². The molecular weight excluding hydrogens is 198 g/mol. The molecule has 0 aromatic carbocycles. The molecule has 0 amide bonds. The van der Waals surface area contributed by atoms with Crippen LogP contribution in [0.15, 0.2) is 0 Å². The number of aliphatic hydroxyl groups excluding tert-OH is 2. The number of carboxylic acids is 1. The zero-order valence-corrected chi connectivity index (χ0v) is 9.39. The van der Waals surface area contributed by atoms with Gasteiger partial charge in [-0.05, 0) is 26.3 Å². The fraction of sp³-hybridized carbons (Fsp3) is 0.900. The van der Waals surface area contributed by atoms with Crippen molar-refractivity contribution in [2.75, 3.05) is 20.1 Å². The van der Waals surface area contributed by atoms with E-state index in [1.54, 1.807) is 11.9 Å². The van der Waals surface area contributed by atoms with Crippen molar-refractivity contribution in [2.45, 2.75) is 38.4 Å². The lowest BCUT2D eigenvalue weighted by molar-refractivity contribution is -0.138. The SMILES string of the molecule is CCC(O)CC[C@@H](O)CN(C)CC(=O)O. The van der Waals surface area contributed by atoms with Crippen molar-refractivity contribution >= 4 is 5.97 Å². The maximum Gasteiger partial charge on any atom is 0.317 e. The van der Waals surface area contributed by atoms with E-state index in [0.717, 1.165) is 0 Å². The average molecular weight is 219 g/mol. The Morgan fingerprint density at radius 2 is 1.80 bits per heavy atom. The van der Waals surface area contributed by atoms with Gasteiger partial charge in [0.2, 0.25) is 0 Å². The molecule has 5 nitrogen and oxygen atoms in total. The third-order valence-electron chi connectivity index (χ3n) is 2.23. The second-order valence-corrected chi connectivity index (χ2v) is 3.88. The quantitative estimate of drug-likeness (QED) is 0.532. The molecule has 15 heavy (non-hydrogen) atoms. The summed E-state index contributed by atoms with van der Waals surface area (Å²) >= 11 is 0. The van der Waals surface area contributed by atoms with Gasteiger partial charge in [-0.15, -0.1) is 0 Å². The molecule has 0 saturated heterocycles. The van der Waals surface area contributed by atoms with E-state index in [2.05, 4.69) is 0 Å². The highest BCUT2D eigenvalue weighted by atomic mass is 16.4. The van der Waals surface area contributed by atoms with E-state index in [0.29, 0.717) is 25.8 Å². The van der Waals surface area contributed by atoms with Crippen LogP contribution < -0.4 is 0 Å². The first kappa shape index (κ1) is 14.3. The zero-order valence-electron chi connectivity index (χ0n) is 9.39. The Labute approximate surface area is 90.3 Å². The Kier molecular flexibility index (Phi) is 7.29. The summed E-state index contributed by atoms with van der Waals surface area (Å²) in [6, 6.07) is 0. The highest BCUT2D eigenvalue weighted by Gasteiger charge is 2.12. The lowest BCUT2D eigenvalue weighted by Crippen LogP contribution is -2.33. The molecule has 0 bridgehead atoms. The van der Waals surface area contributed by atoms with Gasteiger partial charge in [-0.1, -0.05) is 6.92 Å². The summed E-state index contributed by atoms with van der Waals surface area (Å²) in [4.78, 5) is 11.9. The van der Waals surface area contributed by atoms with Gasteiger partial charge in [0.15, 0.2) is 0 Å². The van der Waals surface area contributed by atoms with Crippen molar-refractivity contribution in [2.24, 2.45) is 0 Å². The molecule has 90 valence electrons. The van der Waals surface area contributed by atoms with E-state index < -0.39 is 12.1 Å². The van der Waals surface area contributed by atoms with Crippen molar-refractivity contribution < 1.29 is 20.1 Å². The summed E-state index contributed by atoms with van der Waals surface area (Å²) in [5.74, 6) is -0.904. The molecule has 5 heteroatoms. The number of likely N-dealkylation sites (N-methyl/N-ethyl adjacent to an activating group) is 1. The Balaban J connectivity index is 3.63. The largest absolute Gasteiger partial charge is 0.480 e. The molecule has 3 N–H and O–H groups in total. The minimum absolute atomic E-state index is 0.0760. The molecule has 0 spiro atoms. The summed E-state index contributed by atoms with van der Waals surface area (Å²) < 4.78 is 0. The molecule has 0 aromatic rings. The number of carboxylic acid groups (broad SMARTS) is 1. The smallest absolute Gasteiger partial charge is 0.317 e. The van der Waals surface area contributed by atoms with Crippen LogP contribution in [0.2, 0.25) is 0 Å². The molecule has 0 radical (unpaired) electrons. The normalized spacial score (nSPS) is 15.3. The monoisotopic (exact) mass is 219 g/mol. The predicted octanol–water partition coefficient (Wildman–Crippen LogP) is -0.0852. The van der Waals surface area contributed by atoms with Crippen molar-refractivity contribution in [1.29, 1.82) is 0 Å². The van der Waals surface area contributed by atoms with Gasteiger partial charge >= 0.3 is 5.97 Å². The third-order valence-corrected chi connectivity index (χ3v) is 2.23. The highest BCUT2D eigenvalue weighted by Crippen LogP contribution is 2.05. The van der Waals surface area contributed by atoms with Crippen molar-refractivity contribution in [3.05, 3.63) is 0 Å². The van der Waals surface area contributed by atoms with E-state index >= 15 is 0 Å². The fourth-order valence-corrected chi connectivity index (χ4v) is 1.34. The Bertz CT molecular complexity index is 186. The molecule has 0 rings (SSSR count). The van der Waals surface area contributed by atoms with E-state index in [1.807, 2.05) is 6.92 Å². The first-order valence-electron chi connectivity index (χ1n) is 5.22. The van der Waals surface area contributed by atoms with Crippen LogP contribution in [-0.4, -0.2) is 58.5 Å². The Hall–Kier alpha value is -0.650. The molecule has 0 fully saturated rings.